The van der Waals surface area contributed by atoms with Crippen molar-refractivity contribution in [1.82, 2.24) is 5.32 Å². The van der Waals surface area contributed by atoms with Crippen LogP contribution in [0.1, 0.15) is 12.0 Å². The molecule has 0 saturated heterocycles. The molecular weight excluding hydrogens is 188 g/mol. The van der Waals surface area contributed by atoms with Crippen molar-refractivity contribution in [3.63, 3.8) is 0 Å². The summed E-state index contributed by atoms with van der Waals surface area (Å²) in [7, 11) is 1.52. The summed E-state index contributed by atoms with van der Waals surface area (Å²) in [4.78, 5) is 10.9. The van der Waals surface area contributed by atoms with Crippen molar-refractivity contribution >= 4 is 5.91 Å². The third-order valence-corrected chi connectivity index (χ3v) is 1.92. The van der Waals surface area contributed by atoms with Crippen LogP contribution in [0.25, 0.3) is 0 Å². The summed E-state index contributed by atoms with van der Waals surface area (Å²) in [6, 6.07) is 3.36. The molecule has 0 aliphatic rings. The molecule has 0 fully saturated rings. The summed E-state index contributed by atoms with van der Waals surface area (Å²) in [5, 5.41) is 2.43. The van der Waals surface area contributed by atoms with E-state index in [0.29, 0.717) is 5.56 Å². The van der Waals surface area contributed by atoms with Gasteiger partial charge in [-0.2, -0.15) is 0 Å². The third kappa shape index (κ3) is 2.80. The zero-order valence-corrected chi connectivity index (χ0v) is 7.81. The minimum Gasteiger partial charge on any atom is -0.359 e. The lowest BCUT2D eigenvalue weighted by Gasteiger charge is -2.02. The molecule has 1 aromatic carbocycles. The summed E-state index contributed by atoms with van der Waals surface area (Å²) in [6.45, 7) is 0. The van der Waals surface area contributed by atoms with Crippen molar-refractivity contribution < 1.29 is 13.6 Å². The summed E-state index contributed by atoms with van der Waals surface area (Å²) >= 11 is 0. The smallest absolute Gasteiger partial charge is 0.220 e. The Morgan fingerprint density at radius 3 is 2.71 bits per heavy atom. The van der Waals surface area contributed by atoms with Crippen LogP contribution in [0.2, 0.25) is 0 Å². The van der Waals surface area contributed by atoms with E-state index in [1.807, 2.05) is 0 Å². The van der Waals surface area contributed by atoms with E-state index in [-0.39, 0.29) is 18.7 Å². The highest BCUT2D eigenvalue weighted by Gasteiger charge is 2.05. The Kier molecular flexibility index (Phi) is 3.56. The molecule has 1 rings (SSSR count). The minimum atomic E-state index is -0.605. The topological polar surface area (TPSA) is 29.1 Å². The van der Waals surface area contributed by atoms with Gasteiger partial charge in [0.15, 0.2) is 0 Å². The number of carbonyl (C=O) groups excluding carboxylic acids is 1. The van der Waals surface area contributed by atoms with E-state index in [1.165, 1.54) is 19.2 Å². The van der Waals surface area contributed by atoms with Gasteiger partial charge in [0.05, 0.1) is 0 Å². The first kappa shape index (κ1) is 10.6. The lowest BCUT2D eigenvalue weighted by Crippen LogP contribution is -2.18. The molecule has 1 N–H and O–H groups in total. The maximum Gasteiger partial charge on any atom is 0.220 e. The van der Waals surface area contributed by atoms with Gasteiger partial charge >= 0.3 is 0 Å². The van der Waals surface area contributed by atoms with Gasteiger partial charge in [-0.3, -0.25) is 4.79 Å². The second kappa shape index (κ2) is 4.69. The molecule has 1 amide bonds. The predicted octanol–water partition coefficient (Wildman–Crippen LogP) is 1.64. The van der Waals surface area contributed by atoms with Crippen molar-refractivity contribution in [2.24, 2.45) is 0 Å². The van der Waals surface area contributed by atoms with Crippen LogP contribution in [0.15, 0.2) is 18.2 Å². The first-order valence-electron chi connectivity index (χ1n) is 4.28. The SMILES string of the molecule is CNC(=O)CCc1ccc(F)cc1F. The highest BCUT2D eigenvalue weighted by molar-refractivity contribution is 5.75. The van der Waals surface area contributed by atoms with Gasteiger partial charge in [0.1, 0.15) is 11.6 Å². The Morgan fingerprint density at radius 1 is 1.43 bits per heavy atom. The van der Waals surface area contributed by atoms with Crippen molar-refractivity contribution in [3.05, 3.63) is 35.4 Å². The number of halogens is 2. The monoisotopic (exact) mass is 199 g/mol. The van der Waals surface area contributed by atoms with Gasteiger partial charge in [-0.1, -0.05) is 6.07 Å². The largest absolute Gasteiger partial charge is 0.359 e. The van der Waals surface area contributed by atoms with E-state index in [9.17, 15) is 13.6 Å². The molecule has 0 bridgehead atoms. The second-order valence-corrected chi connectivity index (χ2v) is 2.91. The zero-order chi connectivity index (χ0) is 10.6. The maximum atomic E-state index is 13.0. The molecule has 1 aromatic rings. The Morgan fingerprint density at radius 2 is 2.14 bits per heavy atom. The number of benzene rings is 1. The first-order valence-corrected chi connectivity index (χ1v) is 4.28. The van der Waals surface area contributed by atoms with Gasteiger partial charge in [-0.15, -0.1) is 0 Å². The summed E-state index contributed by atoms with van der Waals surface area (Å²) in [6.07, 6.45) is 0.491. The van der Waals surface area contributed by atoms with Crippen LogP contribution in [0.4, 0.5) is 8.78 Å². The molecule has 4 heteroatoms. The summed E-state index contributed by atoms with van der Waals surface area (Å²) in [5.41, 5.74) is 0.356. The molecule has 0 spiro atoms. The Labute approximate surface area is 80.9 Å². The van der Waals surface area contributed by atoms with Gasteiger partial charge in [-0.25, -0.2) is 8.78 Å². The summed E-state index contributed by atoms with van der Waals surface area (Å²) < 4.78 is 25.5. The van der Waals surface area contributed by atoms with Gasteiger partial charge in [0.25, 0.3) is 0 Å². The van der Waals surface area contributed by atoms with Crippen molar-refractivity contribution in [2.45, 2.75) is 12.8 Å². The standard InChI is InChI=1S/C10H11F2NO/c1-13-10(14)5-3-7-2-4-8(11)6-9(7)12/h2,4,6H,3,5H2,1H3,(H,13,14). The molecule has 0 atom stereocenters. The van der Waals surface area contributed by atoms with Crippen molar-refractivity contribution in [2.75, 3.05) is 7.05 Å². The lowest BCUT2D eigenvalue weighted by atomic mass is 10.1. The van der Waals surface area contributed by atoms with Crippen LogP contribution >= 0.6 is 0 Å². The van der Waals surface area contributed by atoms with Crippen LogP contribution in [0.5, 0.6) is 0 Å². The fourth-order valence-electron chi connectivity index (χ4n) is 1.10. The molecule has 0 radical (unpaired) electrons. The van der Waals surface area contributed by atoms with Crippen LogP contribution in [0.3, 0.4) is 0 Å². The first-order chi connectivity index (χ1) is 6.63. The van der Waals surface area contributed by atoms with Crippen LogP contribution in [0, 0.1) is 11.6 Å². The van der Waals surface area contributed by atoms with Gasteiger partial charge < -0.3 is 5.32 Å². The van der Waals surface area contributed by atoms with E-state index < -0.39 is 11.6 Å². The van der Waals surface area contributed by atoms with E-state index >= 15 is 0 Å². The normalized spacial score (nSPS) is 9.93. The number of rotatable bonds is 3. The quantitative estimate of drug-likeness (QED) is 0.787. The highest BCUT2D eigenvalue weighted by Crippen LogP contribution is 2.11. The summed E-state index contributed by atoms with van der Waals surface area (Å²) in [5.74, 6) is -1.37. The molecule has 0 aliphatic carbocycles. The molecule has 2 nitrogen and oxygen atoms in total. The molecule has 14 heavy (non-hydrogen) atoms. The molecule has 0 aromatic heterocycles. The number of hydrogen-bond acceptors (Lipinski definition) is 1. The Bertz CT molecular complexity index is 339. The average Bonchev–Trinajstić information content (AvgIpc) is 2.16. The molecule has 0 aliphatic heterocycles. The third-order valence-electron chi connectivity index (χ3n) is 1.92. The van der Waals surface area contributed by atoms with Gasteiger partial charge in [0.2, 0.25) is 5.91 Å². The molecule has 76 valence electrons. The minimum absolute atomic E-state index is 0.159. The Hall–Kier alpha value is -1.45. The van der Waals surface area contributed by atoms with E-state index in [4.69, 9.17) is 0 Å². The zero-order valence-electron chi connectivity index (χ0n) is 7.81. The van der Waals surface area contributed by atoms with Crippen LogP contribution in [-0.2, 0) is 11.2 Å². The molecule has 0 heterocycles. The fourth-order valence-corrected chi connectivity index (χ4v) is 1.10. The fraction of sp³-hybridized carbons (Fsp3) is 0.300. The highest BCUT2D eigenvalue weighted by atomic mass is 19.1. The molecular formula is C10H11F2NO. The van der Waals surface area contributed by atoms with Gasteiger partial charge in [-0.05, 0) is 18.1 Å². The number of aryl methyl sites for hydroxylation is 1. The van der Waals surface area contributed by atoms with Crippen LogP contribution < -0.4 is 5.32 Å². The lowest BCUT2D eigenvalue weighted by molar-refractivity contribution is -0.120. The number of nitrogens with one attached hydrogen (secondary N) is 1. The van der Waals surface area contributed by atoms with Crippen molar-refractivity contribution in [1.29, 1.82) is 0 Å². The number of amides is 1. The Balaban J connectivity index is 2.63. The average molecular weight is 199 g/mol. The predicted molar refractivity (Wildman–Crippen MR) is 48.7 cm³/mol. The number of hydrogen-bond donors (Lipinski definition) is 1. The van der Waals surface area contributed by atoms with E-state index in [1.54, 1.807) is 0 Å². The molecule has 0 unspecified atom stereocenters. The van der Waals surface area contributed by atoms with Gasteiger partial charge in [0, 0.05) is 19.5 Å². The number of carbonyl (C=O) groups is 1. The van der Waals surface area contributed by atoms with Crippen molar-refractivity contribution in [3.8, 4) is 0 Å². The molecule has 0 saturated carbocycles. The van der Waals surface area contributed by atoms with E-state index in [0.717, 1.165) is 6.07 Å². The maximum absolute atomic E-state index is 13.0. The second-order valence-electron chi connectivity index (χ2n) is 2.91. The van der Waals surface area contributed by atoms with E-state index in [2.05, 4.69) is 5.32 Å². The van der Waals surface area contributed by atoms with Crippen LogP contribution in [-0.4, -0.2) is 13.0 Å².